The van der Waals surface area contributed by atoms with E-state index in [2.05, 4.69) is 4.98 Å². The molecule has 2 fully saturated rings. The average molecular weight is 438 g/mol. The van der Waals surface area contributed by atoms with Crippen LogP contribution in [0.5, 0.6) is 0 Å². The monoisotopic (exact) mass is 437 g/mol. The molecule has 1 aromatic heterocycles. The van der Waals surface area contributed by atoms with Crippen LogP contribution >= 0.6 is 23.2 Å². The number of rotatable bonds is 5. The van der Waals surface area contributed by atoms with Gasteiger partial charge in [-0.1, -0.05) is 35.3 Å². The molecule has 0 radical (unpaired) electrons. The zero-order valence-electron chi connectivity index (χ0n) is 15.4. The Morgan fingerprint density at radius 2 is 1.86 bits per heavy atom. The van der Waals surface area contributed by atoms with Gasteiger partial charge >= 0.3 is 0 Å². The first kappa shape index (κ1) is 20.1. The highest BCUT2D eigenvalue weighted by Crippen LogP contribution is 2.29. The summed E-state index contributed by atoms with van der Waals surface area (Å²) in [6.45, 7) is 1.07. The molecule has 152 valence electrons. The topological polar surface area (TPSA) is 62.7 Å². The molecule has 0 bridgehead atoms. The molecule has 0 aliphatic carbocycles. The Labute approximate surface area is 177 Å². The molecule has 2 aliphatic rings. The second-order valence-corrected chi connectivity index (χ2v) is 8.06. The third kappa shape index (κ3) is 4.22. The van der Waals surface area contributed by atoms with Gasteiger partial charge in [-0.25, -0.2) is 9.37 Å². The number of carbonyl (C=O) groups excluding carboxylic acids is 2. The Balaban J connectivity index is 1.63. The number of nitrogens with zero attached hydrogens (tertiary/aromatic N) is 3. The number of piperazine rings is 1. The van der Waals surface area contributed by atoms with Crippen molar-refractivity contribution in [1.29, 1.82) is 0 Å². The van der Waals surface area contributed by atoms with Crippen molar-refractivity contribution in [3.63, 3.8) is 0 Å². The first-order valence-electron chi connectivity index (χ1n) is 9.16. The summed E-state index contributed by atoms with van der Waals surface area (Å²) in [6.07, 6.45) is 1.70. The van der Waals surface area contributed by atoms with Gasteiger partial charge in [0.15, 0.2) is 11.6 Å². The molecule has 1 aromatic carbocycles. The zero-order valence-corrected chi connectivity index (χ0v) is 16.9. The SMILES string of the molecule is O=C1[C@@H](CC2COC2)N(Cc2ccc(Cl)cc2)C(=O)CN1c1ncc(Cl)cc1F. The van der Waals surface area contributed by atoms with Gasteiger partial charge in [0.1, 0.15) is 12.6 Å². The van der Waals surface area contributed by atoms with E-state index in [1.54, 1.807) is 17.0 Å². The van der Waals surface area contributed by atoms with Crippen molar-refractivity contribution in [2.75, 3.05) is 24.7 Å². The maximum atomic E-state index is 14.4. The predicted molar refractivity (Wildman–Crippen MR) is 106 cm³/mol. The molecule has 1 atom stereocenters. The Bertz CT molecular complexity index is 937. The normalized spacial score (nSPS) is 20.2. The van der Waals surface area contributed by atoms with E-state index in [0.29, 0.717) is 24.7 Å². The lowest BCUT2D eigenvalue weighted by Gasteiger charge is -2.42. The second kappa shape index (κ2) is 8.26. The molecule has 0 unspecified atom stereocenters. The summed E-state index contributed by atoms with van der Waals surface area (Å²) < 4.78 is 19.6. The Morgan fingerprint density at radius 3 is 2.48 bits per heavy atom. The third-order valence-corrected chi connectivity index (χ3v) is 5.57. The van der Waals surface area contributed by atoms with E-state index in [-0.39, 0.29) is 41.7 Å². The maximum absolute atomic E-state index is 14.4. The summed E-state index contributed by atoms with van der Waals surface area (Å²) in [6, 6.07) is 7.46. The third-order valence-electron chi connectivity index (χ3n) is 5.11. The van der Waals surface area contributed by atoms with Crippen molar-refractivity contribution < 1.29 is 18.7 Å². The fourth-order valence-electron chi connectivity index (χ4n) is 3.53. The number of halogens is 3. The average Bonchev–Trinajstić information content (AvgIpc) is 2.65. The lowest BCUT2D eigenvalue weighted by atomic mass is 9.94. The summed E-state index contributed by atoms with van der Waals surface area (Å²) in [7, 11) is 0. The first-order valence-corrected chi connectivity index (χ1v) is 9.92. The largest absolute Gasteiger partial charge is 0.381 e. The molecule has 3 heterocycles. The van der Waals surface area contributed by atoms with E-state index in [4.69, 9.17) is 27.9 Å². The molecule has 2 aliphatic heterocycles. The van der Waals surface area contributed by atoms with E-state index >= 15 is 0 Å². The van der Waals surface area contributed by atoms with Gasteiger partial charge in [0, 0.05) is 23.7 Å². The van der Waals surface area contributed by atoms with Crippen LogP contribution in [0.25, 0.3) is 0 Å². The van der Waals surface area contributed by atoms with Crippen molar-refractivity contribution in [2.24, 2.45) is 5.92 Å². The van der Waals surface area contributed by atoms with Gasteiger partial charge in [0.2, 0.25) is 5.91 Å². The minimum atomic E-state index is -0.740. The van der Waals surface area contributed by atoms with E-state index in [1.807, 2.05) is 12.1 Å². The lowest BCUT2D eigenvalue weighted by molar-refractivity contribution is -0.146. The maximum Gasteiger partial charge on any atom is 0.251 e. The van der Waals surface area contributed by atoms with Crippen molar-refractivity contribution in [3.05, 3.63) is 58.0 Å². The summed E-state index contributed by atoms with van der Waals surface area (Å²) in [4.78, 5) is 32.8. The molecule has 29 heavy (non-hydrogen) atoms. The van der Waals surface area contributed by atoms with Gasteiger partial charge in [-0.05, 0) is 30.2 Å². The van der Waals surface area contributed by atoms with Crippen LogP contribution in [0.2, 0.25) is 10.0 Å². The summed E-state index contributed by atoms with van der Waals surface area (Å²) in [5.41, 5.74) is 0.856. The number of ether oxygens (including phenoxy) is 1. The van der Waals surface area contributed by atoms with Crippen molar-refractivity contribution in [2.45, 2.75) is 19.0 Å². The standard InChI is InChI=1S/C20H18Cl2FN3O3/c21-14-3-1-12(2-4-14)8-25-17(5-13-10-29-11-13)20(28)26(9-18(25)27)19-16(23)6-15(22)7-24-19/h1-4,6-7,13,17H,5,8-11H2/t17-/m1/s1. The van der Waals surface area contributed by atoms with Crippen LogP contribution in [0.3, 0.4) is 0 Å². The second-order valence-electron chi connectivity index (χ2n) is 7.19. The fourth-order valence-corrected chi connectivity index (χ4v) is 3.80. The number of benzene rings is 1. The molecule has 4 rings (SSSR count). The van der Waals surface area contributed by atoms with Crippen LogP contribution in [0.4, 0.5) is 10.2 Å². The first-order chi connectivity index (χ1) is 13.9. The lowest BCUT2D eigenvalue weighted by Crippen LogP contribution is -2.61. The molecule has 2 saturated heterocycles. The molecule has 0 saturated carbocycles. The van der Waals surface area contributed by atoms with E-state index in [9.17, 15) is 14.0 Å². The van der Waals surface area contributed by atoms with E-state index in [0.717, 1.165) is 16.5 Å². The molecule has 0 N–H and O–H groups in total. The number of hydrogen-bond donors (Lipinski definition) is 0. The highest BCUT2D eigenvalue weighted by Gasteiger charge is 2.43. The van der Waals surface area contributed by atoms with Crippen molar-refractivity contribution in [1.82, 2.24) is 9.88 Å². The predicted octanol–water partition coefficient (Wildman–Crippen LogP) is 3.31. The minimum Gasteiger partial charge on any atom is -0.381 e. The summed E-state index contributed by atoms with van der Waals surface area (Å²) in [5.74, 6) is -1.39. The van der Waals surface area contributed by atoms with Crippen molar-refractivity contribution in [3.8, 4) is 0 Å². The summed E-state index contributed by atoms with van der Waals surface area (Å²) >= 11 is 11.7. The quantitative estimate of drug-likeness (QED) is 0.719. The van der Waals surface area contributed by atoms with Crippen LogP contribution in [0.1, 0.15) is 12.0 Å². The zero-order chi connectivity index (χ0) is 20.5. The Morgan fingerprint density at radius 1 is 1.14 bits per heavy atom. The molecule has 2 aromatic rings. The molecule has 6 nitrogen and oxygen atoms in total. The number of anilines is 1. The number of aromatic nitrogens is 1. The molecule has 9 heteroatoms. The van der Waals surface area contributed by atoms with Crippen LogP contribution in [0.15, 0.2) is 36.5 Å². The van der Waals surface area contributed by atoms with Crippen LogP contribution < -0.4 is 4.90 Å². The van der Waals surface area contributed by atoms with Gasteiger partial charge in [-0.15, -0.1) is 0 Å². The highest BCUT2D eigenvalue weighted by molar-refractivity contribution is 6.30. The van der Waals surface area contributed by atoms with Crippen LogP contribution in [-0.4, -0.2) is 47.5 Å². The number of hydrogen-bond acceptors (Lipinski definition) is 4. The van der Waals surface area contributed by atoms with E-state index in [1.165, 1.54) is 6.20 Å². The highest BCUT2D eigenvalue weighted by atomic mass is 35.5. The van der Waals surface area contributed by atoms with Gasteiger partial charge in [-0.3, -0.25) is 14.5 Å². The number of pyridine rings is 1. The van der Waals surface area contributed by atoms with Crippen LogP contribution in [-0.2, 0) is 20.9 Å². The van der Waals surface area contributed by atoms with Crippen molar-refractivity contribution >= 4 is 40.8 Å². The number of carbonyl (C=O) groups is 2. The smallest absolute Gasteiger partial charge is 0.251 e. The number of amides is 2. The minimum absolute atomic E-state index is 0.120. The molecule has 2 amide bonds. The van der Waals surface area contributed by atoms with Gasteiger partial charge in [0.05, 0.1) is 18.2 Å². The van der Waals surface area contributed by atoms with E-state index < -0.39 is 11.9 Å². The van der Waals surface area contributed by atoms with Gasteiger partial charge in [0.25, 0.3) is 5.91 Å². The Hall–Kier alpha value is -2.22. The van der Waals surface area contributed by atoms with Gasteiger partial charge < -0.3 is 9.64 Å². The molecular weight excluding hydrogens is 420 g/mol. The van der Waals surface area contributed by atoms with Crippen LogP contribution in [0, 0.1) is 11.7 Å². The molecule has 0 spiro atoms. The Kier molecular flexibility index (Phi) is 5.72. The summed E-state index contributed by atoms with van der Waals surface area (Å²) in [5, 5.41) is 0.711. The molecular formula is C20H18Cl2FN3O3. The fraction of sp³-hybridized carbons (Fsp3) is 0.350. The van der Waals surface area contributed by atoms with Gasteiger partial charge in [-0.2, -0.15) is 0 Å².